The van der Waals surface area contributed by atoms with Crippen LogP contribution >= 0.6 is 0 Å². The van der Waals surface area contributed by atoms with Gasteiger partial charge in [0.1, 0.15) is 5.60 Å². The third-order valence-electron chi connectivity index (χ3n) is 3.15. The van der Waals surface area contributed by atoms with Crippen molar-refractivity contribution in [3.05, 3.63) is 35.4 Å². The molecule has 0 saturated carbocycles. The third-order valence-corrected chi connectivity index (χ3v) is 3.15. The lowest BCUT2D eigenvalue weighted by Crippen LogP contribution is -2.36. The maximum Gasteiger partial charge on any atom is 0.416 e. The molecule has 6 heteroatoms. The number of amides is 1. The van der Waals surface area contributed by atoms with Crippen molar-refractivity contribution in [2.45, 2.75) is 65.8 Å². The normalized spacial score (nSPS) is 14.2. The molecule has 3 nitrogen and oxygen atoms in total. The summed E-state index contributed by atoms with van der Waals surface area (Å²) in [6.07, 6.45) is -4.40. The van der Waals surface area contributed by atoms with Crippen molar-refractivity contribution in [2.75, 3.05) is 0 Å². The number of alkyl halides is 3. The van der Waals surface area contributed by atoms with Gasteiger partial charge in [0.15, 0.2) is 0 Å². The van der Waals surface area contributed by atoms with Gasteiger partial charge >= 0.3 is 12.3 Å². The van der Waals surface area contributed by atoms with Crippen molar-refractivity contribution in [1.82, 2.24) is 5.32 Å². The third kappa shape index (κ3) is 7.23. The van der Waals surface area contributed by atoms with Crippen molar-refractivity contribution < 1.29 is 22.7 Å². The van der Waals surface area contributed by atoms with E-state index in [0.29, 0.717) is 12.0 Å². The van der Waals surface area contributed by atoms with Crippen LogP contribution in [0.5, 0.6) is 0 Å². The van der Waals surface area contributed by atoms with Gasteiger partial charge in [-0.3, -0.25) is 0 Å². The lowest BCUT2D eigenvalue weighted by Gasteiger charge is -2.29. The predicted octanol–water partition coefficient (Wildman–Crippen LogP) is 5.71. The zero-order chi connectivity index (χ0) is 18.8. The second kappa shape index (κ2) is 7.03. The first-order valence-electron chi connectivity index (χ1n) is 7.84. The summed E-state index contributed by atoms with van der Waals surface area (Å²) in [7, 11) is 0. The van der Waals surface area contributed by atoms with Gasteiger partial charge in [0.25, 0.3) is 0 Å². The Balaban J connectivity index is 2.99. The molecule has 1 aromatic carbocycles. The number of carbonyl (C=O) groups is 1. The first-order valence-corrected chi connectivity index (χ1v) is 7.84. The van der Waals surface area contributed by atoms with Crippen molar-refractivity contribution >= 4 is 6.09 Å². The zero-order valence-corrected chi connectivity index (χ0v) is 15.0. The molecular weight excluding hydrogens is 319 g/mol. The number of hydrogen-bond acceptors (Lipinski definition) is 2. The molecule has 1 aromatic rings. The minimum Gasteiger partial charge on any atom is -0.444 e. The highest BCUT2D eigenvalue weighted by Gasteiger charge is 2.31. The summed E-state index contributed by atoms with van der Waals surface area (Å²) in [5.41, 5.74) is -0.861. The molecule has 0 fully saturated rings. The van der Waals surface area contributed by atoms with Gasteiger partial charge in [-0.1, -0.05) is 32.9 Å². The molecule has 1 N–H and O–H groups in total. The zero-order valence-electron chi connectivity index (χ0n) is 15.0. The summed E-state index contributed by atoms with van der Waals surface area (Å²) < 4.78 is 43.3. The van der Waals surface area contributed by atoms with Crippen LogP contribution in [0.15, 0.2) is 24.3 Å². The van der Waals surface area contributed by atoms with Gasteiger partial charge in [-0.2, -0.15) is 13.2 Å². The van der Waals surface area contributed by atoms with E-state index in [-0.39, 0.29) is 5.41 Å². The average Bonchev–Trinajstić information content (AvgIpc) is 2.33. The molecule has 0 aliphatic rings. The molecule has 1 amide bonds. The Labute approximate surface area is 141 Å². The lowest BCUT2D eigenvalue weighted by atomic mass is 9.85. The van der Waals surface area contributed by atoms with Crippen LogP contribution < -0.4 is 5.32 Å². The highest BCUT2D eigenvalue weighted by Crippen LogP contribution is 2.33. The van der Waals surface area contributed by atoms with E-state index in [1.54, 1.807) is 20.8 Å². The van der Waals surface area contributed by atoms with Crippen LogP contribution in [0.1, 0.15) is 65.1 Å². The van der Waals surface area contributed by atoms with Gasteiger partial charge in [0.2, 0.25) is 0 Å². The molecule has 1 unspecified atom stereocenters. The van der Waals surface area contributed by atoms with Gasteiger partial charge in [-0.05, 0) is 50.3 Å². The summed E-state index contributed by atoms with van der Waals surface area (Å²) in [6, 6.07) is 4.43. The quantitative estimate of drug-likeness (QED) is 0.762. The fraction of sp³-hybridized carbons (Fsp3) is 0.611. The largest absolute Gasteiger partial charge is 0.444 e. The SMILES string of the molecule is CC(C)(C)CC(NC(=O)OC(C)(C)C)c1ccc(C(F)(F)F)cc1. The van der Waals surface area contributed by atoms with Crippen LogP contribution in [0.25, 0.3) is 0 Å². The molecule has 1 rings (SSSR count). The van der Waals surface area contributed by atoms with Crippen molar-refractivity contribution in [3.63, 3.8) is 0 Å². The molecule has 0 saturated heterocycles. The summed E-state index contributed by atoms with van der Waals surface area (Å²) in [6.45, 7) is 11.3. The van der Waals surface area contributed by atoms with Gasteiger partial charge in [-0.15, -0.1) is 0 Å². The number of rotatable bonds is 3. The van der Waals surface area contributed by atoms with E-state index in [9.17, 15) is 18.0 Å². The summed E-state index contributed by atoms with van der Waals surface area (Å²) in [5, 5.41) is 2.76. The fourth-order valence-corrected chi connectivity index (χ4v) is 2.22. The van der Waals surface area contributed by atoms with Gasteiger partial charge < -0.3 is 10.1 Å². The van der Waals surface area contributed by atoms with Crippen molar-refractivity contribution in [2.24, 2.45) is 5.41 Å². The molecular formula is C18H26F3NO2. The number of benzene rings is 1. The van der Waals surface area contributed by atoms with Crippen LogP contribution in [-0.4, -0.2) is 11.7 Å². The Bertz CT molecular complexity index is 552. The highest BCUT2D eigenvalue weighted by molar-refractivity contribution is 5.68. The van der Waals surface area contributed by atoms with E-state index in [1.165, 1.54) is 12.1 Å². The molecule has 0 aliphatic heterocycles. The smallest absolute Gasteiger partial charge is 0.416 e. The molecule has 24 heavy (non-hydrogen) atoms. The first kappa shape index (κ1) is 20.3. The maximum absolute atomic E-state index is 12.7. The molecule has 1 atom stereocenters. The second-order valence-corrected chi connectivity index (χ2v) is 8.08. The lowest BCUT2D eigenvalue weighted by molar-refractivity contribution is -0.137. The molecule has 0 aliphatic carbocycles. The standard InChI is InChI=1S/C18H26F3NO2/c1-16(2,3)11-14(22-15(23)24-17(4,5)6)12-7-9-13(10-8-12)18(19,20)21/h7-10,14H,11H2,1-6H3,(H,22,23). The number of nitrogens with one attached hydrogen (secondary N) is 1. The van der Waals surface area contributed by atoms with E-state index in [0.717, 1.165) is 12.1 Å². The van der Waals surface area contributed by atoms with Crippen molar-refractivity contribution in [3.8, 4) is 0 Å². The first-order chi connectivity index (χ1) is 10.7. The molecule has 0 radical (unpaired) electrons. The van der Waals surface area contributed by atoms with Crippen LogP contribution in [-0.2, 0) is 10.9 Å². The number of ether oxygens (including phenoxy) is 1. The predicted molar refractivity (Wildman–Crippen MR) is 87.6 cm³/mol. The van der Waals surface area contributed by atoms with E-state index in [4.69, 9.17) is 4.74 Å². The number of halogens is 3. The monoisotopic (exact) mass is 345 g/mol. The van der Waals surface area contributed by atoms with Crippen LogP contribution in [0.3, 0.4) is 0 Å². The van der Waals surface area contributed by atoms with Gasteiger partial charge in [0, 0.05) is 0 Å². The maximum atomic E-state index is 12.7. The Hall–Kier alpha value is -1.72. The number of hydrogen-bond donors (Lipinski definition) is 1. The second-order valence-electron chi connectivity index (χ2n) is 8.08. The number of alkyl carbamates (subject to hydrolysis) is 1. The number of carbonyl (C=O) groups excluding carboxylic acids is 1. The van der Waals surface area contributed by atoms with Gasteiger partial charge in [0.05, 0.1) is 11.6 Å². The molecule has 0 heterocycles. The topological polar surface area (TPSA) is 38.3 Å². The van der Waals surface area contributed by atoms with E-state index >= 15 is 0 Å². The van der Waals surface area contributed by atoms with Crippen LogP contribution in [0, 0.1) is 5.41 Å². The average molecular weight is 345 g/mol. The highest BCUT2D eigenvalue weighted by atomic mass is 19.4. The Kier molecular flexibility index (Phi) is 5.95. The fourth-order valence-electron chi connectivity index (χ4n) is 2.22. The molecule has 0 bridgehead atoms. The summed E-state index contributed by atoms with van der Waals surface area (Å²) in [4.78, 5) is 12.0. The van der Waals surface area contributed by atoms with Crippen LogP contribution in [0.2, 0.25) is 0 Å². The van der Waals surface area contributed by atoms with E-state index in [2.05, 4.69) is 5.32 Å². The minimum atomic E-state index is -4.38. The van der Waals surface area contributed by atoms with Gasteiger partial charge in [-0.25, -0.2) is 4.79 Å². The van der Waals surface area contributed by atoms with E-state index < -0.39 is 29.5 Å². The summed E-state index contributed by atoms with van der Waals surface area (Å²) in [5.74, 6) is 0. The van der Waals surface area contributed by atoms with E-state index in [1.807, 2.05) is 20.8 Å². The molecule has 0 spiro atoms. The Morgan fingerprint density at radius 1 is 1.04 bits per heavy atom. The molecule has 136 valence electrons. The van der Waals surface area contributed by atoms with Crippen LogP contribution in [0.4, 0.5) is 18.0 Å². The molecule has 0 aromatic heterocycles. The summed E-state index contributed by atoms with van der Waals surface area (Å²) >= 11 is 0. The Morgan fingerprint density at radius 3 is 1.92 bits per heavy atom. The Morgan fingerprint density at radius 2 is 1.54 bits per heavy atom. The minimum absolute atomic E-state index is 0.123. The van der Waals surface area contributed by atoms with Crippen molar-refractivity contribution in [1.29, 1.82) is 0 Å².